The fraction of sp³-hybridized carbons (Fsp3) is 0.914. The molecule has 2 unspecified atom stereocenters. The summed E-state index contributed by atoms with van der Waals surface area (Å²) in [4.78, 5) is 13.5. The Kier molecular flexibility index (Phi) is 15.0. The van der Waals surface area contributed by atoms with E-state index in [1.807, 2.05) is 6.08 Å². The third-order valence-electron chi connectivity index (χ3n) is 11.1. The Hall–Kier alpha value is -1.12. The fourth-order valence-electron chi connectivity index (χ4n) is 9.19. The van der Waals surface area contributed by atoms with Gasteiger partial charge in [0.15, 0.2) is 6.29 Å². The minimum atomic E-state index is -4.93. The van der Waals surface area contributed by atoms with E-state index in [9.17, 15) is 38.2 Å². The molecule has 7 atom stereocenters. The van der Waals surface area contributed by atoms with Crippen LogP contribution in [0.3, 0.4) is 0 Å². The van der Waals surface area contributed by atoms with E-state index in [0.29, 0.717) is 24.2 Å². The fourth-order valence-corrected chi connectivity index (χ4v) is 10.2. The predicted octanol–water partition coefficient (Wildman–Crippen LogP) is 4.02. The lowest BCUT2D eigenvalue weighted by atomic mass is 9.49. The number of carbonyl (C=O) groups is 1. The van der Waals surface area contributed by atoms with E-state index in [2.05, 4.69) is 12.2 Å². The van der Waals surface area contributed by atoms with Crippen LogP contribution in [0.4, 0.5) is 0 Å². The normalized spacial score (nSPS) is 34.9. The summed E-state index contributed by atoms with van der Waals surface area (Å²) in [5.74, 6) is 1.86. The van der Waals surface area contributed by atoms with Crippen LogP contribution in [0.15, 0.2) is 12.2 Å². The van der Waals surface area contributed by atoms with Gasteiger partial charge in [0.1, 0.15) is 23.6 Å². The number of amides is 1. The summed E-state index contributed by atoms with van der Waals surface area (Å²) in [5.41, 5.74) is -0.0175. The van der Waals surface area contributed by atoms with E-state index in [1.165, 1.54) is 70.6 Å². The zero-order chi connectivity index (χ0) is 34.0. The Bertz CT molecular complexity index is 1060. The van der Waals surface area contributed by atoms with E-state index in [0.717, 1.165) is 38.5 Å². The second-order valence-electron chi connectivity index (χ2n) is 15.2. The maximum atomic E-state index is 13.5. The summed E-state index contributed by atoms with van der Waals surface area (Å²) in [7, 11) is -4.93. The van der Waals surface area contributed by atoms with Crippen LogP contribution in [0, 0.1) is 23.2 Å². The lowest BCUT2D eigenvalue weighted by molar-refractivity contribution is -0.270. The second-order valence-corrected chi connectivity index (χ2v) is 16.8. The molecule has 1 heterocycles. The number of aliphatic hydroxyl groups excluding tert-OH is 4. The highest BCUT2D eigenvalue weighted by molar-refractivity contribution is 7.86. The van der Waals surface area contributed by atoms with Crippen LogP contribution >= 0.6 is 0 Å². The largest absolute Gasteiger partial charge is 0.394 e. The van der Waals surface area contributed by atoms with Crippen LogP contribution < -0.4 is 5.32 Å². The van der Waals surface area contributed by atoms with Crippen molar-refractivity contribution in [1.29, 1.82) is 0 Å². The third-order valence-corrected chi connectivity index (χ3v) is 12.4. The molecule has 5 fully saturated rings. The van der Waals surface area contributed by atoms with E-state index in [1.54, 1.807) is 6.08 Å². The van der Waals surface area contributed by atoms with Gasteiger partial charge in [-0.3, -0.25) is 9.35 Å². The molecule has 0 radical (unpaired) electrons. The van der Waals surface area contributed by atoms with Gasteiger partial charge >= 0.3 is 0 Å². The molecule has 47 heavy (non-hydrogen) atoms. The number of nitrogens with one attached hydrogen (secondary N) is 1. The van der Waals surface area contributed by atoms with Crippen LogP contribution in [-0.2, 0) is 24.4 Å². The molecule has 1 saturated heterocycles. The third kappa shape index (κ3) is 11.2. The van der Waals surface area contributed by atoms with Gasteiger partial charge in [0.2, 0.25) is 5.91 Å². The summed E-state index contributed by atoms with van der Waals surface area (Å²) in [5, 5.41) is 42.6. The molecular formula is C35H61NO10S. The summed E-state index contributed by atoms with van der Waals surface area (Å²) in [6.45, 7) is 1.10. The first-order valence-corrected chi connectivity index (χ1v) is 19.8. The highest BCUT2D eigenvalue weighted by atomic mass is 32.2. The SMILES string of the molecule is CCCCCCCCCCCC/C=C/C(O)C(CO[C@H]1O[C@@H](CO)[C@@H](O)[C@@H](S(=O)(=O)O)[C@@H]1O)NC(=O)CC12CC3CC(CC(C3)C1)C2. The van der Waals surface area contributed by atoms with Gasteiger partial charge in [-0.25, -0.2) is 0 Å². The average molecular weight is 688 g/mol. The van der Waals surface area contributed by atoms with Gasteiger partial charge in [0.05, 0.1) is 25.4 Å². The molecule has 0 aromatic heterocycles. The highest BCUT2D eigenvalue weighted by Gasteiger charge is 2.53. The predicted molar refractivity (Wildman–Crippen MR) is 178 cm³/mol. The number of hydrogen-bond donors (Lipinski definition) is 6. The first kappa shape index (κ1) is 38.7. The number of allylic oxidation sites excluding steroid dienone is 1. The maximum Gasteiger partial charge on any atom is 0.273 e. The van der Waals surface area contributed by atoms with Crippen molar-refractivity contribution in [1.82, 2.24) is 5.32 Å². The summed E-state index contributed by atoms with van der Waals surface area (Å²) in [6, 6.07) is -0.931. The molecule has 4 aliphatic carbocycles. The molecule has 0 aromatic rings. The van der Waals surface area contributed by atoms with Crippen molar-refractivity contribution in [2.24, 2.45) is 23.2 Å². The maximum absolute atomic E-state index is 13.5. The van der Waals surface area contributed by atoms with Crippen molar-refractivity contribution in [3.63, 3.8) is 0 Å². The second kappa shape index (κ2) is 18.2. The number of rotatable bonds is 21. The number of unbranched alkanes of at least 4 members (excludes halogenated alkanes) is 10. The minimum absolute atomic E-state index is 0.0175. The molecule has 5 rings (SSSR count). The van der Waals surface area contributed by atoms with Gasteiger partial charge in [0.25, 0.3) is 10.1 Å². The van der Waals surface area contributed by atoms with Gasteiger partial charge in [0, 0.05) is 6.42 Å². The minimum Gasteiger partial charge on any atom is -0.394 e. The lowest BCUT2D eigenvalue weighted by Crippen LogP contribution is -2.62. The molecule has 6 N–H and O–H groups in total. The van der Waals surface area contributed by atoms with E-state index in [4.69, 9.17) is 9.47 Å². The van der Waals surface area contributed by atoms with Crippen molar-refractivity contribution >= 4 is 16.0 Å². The average Bonchev–Trinajstić information content (AvgIpc) is 2.98. The molecule has 1 amide bonds. The molecular weight excluding hydrogens is 626 g/mol. The van der Waals surface area contributed by atoms with Crippen LogP contribution in [0.1, 0.15) is 122 Å². The van der Waals surface area contributed by atoms with Crippen LogP contribution in [0.2, 0.25) is 0 Å². The Morgan fingerprint density at radius 1 is 0.936 bits per heavy atom. The summed E-state index contributed by atoms with van der Waals surface area (Å²) < 4.78 is 44.7. The molecule has 4 saturated carbocycles. The topological polar surface area (TPSA) is 183 Å². The zero-order valence-corrected chi connectivity index (χ0v) is 29.1. The first-order valence-electron chi connectivity index (χ1n) is 18.3. The van der Waals surface area contributed by atoms with Crippen molar-refractivity contribution < 1.29 is 47.7 Å². The van der Waals surface area contributed by atoms with Crippen molar-refractivity contribution in [2.75, 3.05) is 13.2 Å². The van der Waals surface area contributed by atoms with E-state index >= 15 is 0 Å². The van der Waals surface area contributed by atoms with Gasteiger partial charge in [-0.1, -0.05) is 76.9 Å². The molecule has 0 aromatic carbocycles. The molecule has 0 spiro atoms. The Morgan fingerprint density at radius 2 is 1.49 bits per heavy atom. The first-order chi connectivity index (χ1) is 22.4. The molecule has 12 heteroatoms. The Labute approximate surface area is 281 Å². The molecule has 5 aliphatic rings. The lowest BCUT2D eigenvalue weighted by Gasteiger charge is -2.56. The van der Waals surface area contributed by atoms with Crippen LogP contribution in [-0.4, -0.2) is 94.5 Å². The van der Waals surface area contributed by atoms with Crippen LogP contribution in [0.5, 0.6) is 0 Å². The quantitative estimate of drug-likeness (QED) is 0.0586. The number of ether oxygens (including phenoxy) is 2. The van der Waals surface area contributed by atoms with E-state index < -0.39 is 58.7 Å². The smallest absolute Gasteiger partial charge is 0.273 e. The van der Waals surface area contributed by atoms with Crippen molar-refractivity contribution in [2.45, 2.75) is 164 Å². The van der Waals surface area contributed by atoms with Gasteiger partial charge in [-0.2, -0.15) is 8.42 Å². The van der Waals surface area contributed by atoms with E-state index in [-0.39, 0.29) is 17.9 Å². The summed E-state index contributed by atoms with van der Waals surface area (Å²) in [6.07, 6.45) is 15.8. The zero-order valence-electron chi connectivity index (χ0n) is 28.3. The Balaban J connectivity index is 1.32. The molecule has 1 aliphatic heterocycles. The number of aliphatic hydroxyl groups is 4. The Morgan fingerprint density at radius 3 is 2.02 bits per heavy atom. The highest BCUT2D eigenvalue weighted by Crippen LogP contribution is 2.61. The summed E-state index contributed by atoms with van der Waals surface area (Å²) >= 11 is 0. The van der Waals surface area contributed by atoms with Gasteiger partial charge in [-0.15, -0.1) is 0 Å². The van der Waals surface area contributed by atoms with Crippen molar-refractivity contribution in [3.8, 4) is 0 Å². The molecule has 4 bridgehead atoms. The van der Waals surface area contributed by atoms with Crippen molar-refractivity contribution in [3.05, 3.63) is 12.2 Å². The monoisotopic (exact) mass is 687 g/mol. The van der Waals surface area contributed by atoms with Gasteiger partial charge < -0.3 is 35.2 Å². The van der Waals surface area contributed by atoms with Crippen LogP contribution in [0.25, 0.3) is 0 Å². The molecule has 11 nitrogen and oxygen atoms in total. The number of carbonyl (C=O) groups excluding carboxylic acids is 1. The van der Waals surface area contributed by atoms with Gasteiger partial charge in [-0.05, 0) is 74.5 Å². The molecule has 272 valence electrons. The standard InChI is InChI=1S/C35H61NO10S/c1-2-3-4-5-6-7-8-9-10-11-12-13-14-28(38)27(23-45-34-32(41)33(47(42,43)44)31(40)29(22-37)46-34)36-30(39)21-35-18-24-15-25(19-35)17-26(16-24)20-35/h13-14,24-29,31-34,37-38,40-41H,2-12,15-23H2,1H3,(H,36,39)(H,42,43,44)/b14-13+/t24?,25?,26?,27?,28?,29-,31+,32-,33+,34-,35?/m0/s1. The number of hydrogen-bond acceptors (Lipinski definition) is 9.